The quantitative estimate of drug-likeness (QED) is 0.744. The van der Waals surface area contributed by atoms with E-state index in [1.54, 1.807) is 18.2 Å². The standard InChI is InChI=1S/C14H15ClF2N2O2S/c15-9-2-1-3-10(13(9)22-7-11(16)17)19-12(20)6-18-14(21)8-4-5-8/h1-3,8,11H,4-7H2,(H,18,21)(H,19,20). The van der Waals surface area contributed by atoms with E-state index in [2.05, 4.69) is 10.6 Å². The Morgan fingerprint density at radius 1 is 1.36 bits per heavy atom. The van der Waals surface area contributed by atoms with Gasteiger partial charge < -0.3 is 10.6 Å². The van der Waals surface area contributed by atoms with Gasteiger partial charge in [0.05, 0.1) is 23.0 Å². The molecule has 2 rings (SSSR count). The average molecular weight is 349 g/mol. The molecule has 0 bridgehead atoms. The van der Waals surface area contributed by atoms with Crippen molar-refractivity contribution in [1.29, 1.82) is 0 Å². The largest absolute Gasteiger partial charge is 0.347 e. The highest BCUT2D eigenvalue weighted by molar-refractivity contribution is 7.99. The number of amides is 2. The normalized spacial score (nSPS) is 14.0. The van der Waals surface area contributed by atoms with Gasteiger partial charge in [0.25, 0.3) is 0 Å². The molecule has 22 heavy (non-hydrogen) atoms. The van der Waals surface area contributed by atoms with Crippen LogP contribution in [-0.4, -0.2) is 30.5 Å². The van der Waals surface area contributed by atoms with Gasteiger partial charge in [-0.15, -0.1) is 11.8 Å². The molecule has 1 aromatic rings. The molecule has 1 aliphatic carbocycles. The summed E-state index contributed by atoms with van der Waals surface area (Å²) in [6.07, 6.45) is -0.755. The molecule has 1 saturated carbocycles. The Balaban J connectivity index is 1.93. The van der Waals surface area contributed by atoms with Gasteiger partial charge in [0.2, 0.25) is 18.2 Å². The van der Waals surface area contributed by atoms with Crippen molar-refractivity contribution in [3.05, 3.63) is 23.2 Å². The Bertz CT molecular complexity index is 568. The monoisotopic (exact) mass is 348 g/mol. The summed E-state index contributed by atoms with van der Waals surface area (Å²) in [4.78, 5) is 23.7. The first kappa shape index (κ1) is 17.0. The molecule has 0 aromatic heterocycles. The van der Waals surface area contributed by atoms with Crippen LogP contribution in [0.15, 0.2) is 23.1 Å². The van der Waals surface area contributed by atoms with Crippen molar-refractivity contribution < 1.29 is 18.4 Å². The van der Waals surface area contributed by atoms with Crippen LogP contribution in [-0.2, 0) is 9.59 Å². The zero-order valence-corrected chi connectivity index (χ0v) is 13.1. The van der Waals surface area contributed by atoms with Crippen molar-refractivity contribution in [2.75, 3.05) is 17.6 Å². The highest BCUT2D eigenvalue weighted by Gasteiger charge is 2.29. The van der Waals surface area contributed by atoms with Crippen LogP contribution in [0, 0.1) is 5.92 Å². The van der Waals surface area contributed by atoms with Crippen molar-refractivity contribution in [2.45, 2.75) is 24.2 Å². The van der Waals surface area contributed by atoms with E-state index in [1.165, 1.54) is 0 Å². The van der Waals surface area contributed by atoms with E-state index in [1.807, 2.05) is 0 Å². The first-order valence-electron chi connectivity index (χ1n) is 6.74. The summed E-state index contributed by atoms with van der Waals surface area (Å²) in [5, 5.41) is 5.42. The van der Waals surface area contributed by atoms with E-state index in [0.717, 1.165) is 24.6 Å². The second-order valence-electron chi connectivity index (χ2n) is 4.86. The molecule has 0 saturated heterocycles. The minimum Gasteiger partial charge on any atom is -0.347 e. The maximum atomic E-state index is 12.3. The highest BCUT2D eigenvalue weighted by Crippen LogP contribution is 2.35. The van der Waals surface area contributed by atoms with Gasteiger partial charge >= 0.3 is 0 Å². The molecule has 1 aromatic carbocycles. The lowest BCUT2D eigenvalue weighted by Gasteiger charge is -2.12. The molecule has 0 spiro atoms. The fourth-order valence-electron chi connectivity index (χ4n) is 1.75. The summed E-state index contributed by atoms with van der Waals surface area (Å²) in [6.45, 7) is -0.152. The molecule has 1 fully saturated rings. The molecule has 0 atom stereocenters. The Morgan fingerprint density at radius 2 is 2.09 bits per heavy atom. The van der Waals surface area contributed by atoms with Crippen LogP contribution in [0.1, 0.15) is 12.8 Å². The molecular formula is C14H15ClF2N2O2S. The number of hydrogen-bond donors (Lipinski definition) is 2. The topological polar surface area (TPSA) is 58.2 Å². The van der Waals surface area contributed by atoms with Crippen LogP contribution in [0.25, 0.3) is 0 Å². The molecule has 4 nitrogen and oxygen atoms in total. The van der Waals surface area contributed by atoms with Crippen LogP contribution in [0.4, 0.5) is 14.5 Å². The summed E-state index contributed by atoms with van der Waals surface area (Å²) < 4.78 is 24.7. The molecule has 2 N–H and O–H groups in total. The number of alkyl halides is 2. The van der Waals surface area contributed by atoms with Gasteiger partial charge in [0.1, 0.15) is 0 Å². The van der Waals surface area contributed by atoms with Crippen LogP contribution in [0.3, 0.4) is 0 Å². The maximum absolute atomic E-state index is 12.3. The molecule has 0 aliphatic heterocycles. The van der Waals surface area contributed by atoms with E-state index in [4.69, 9.17) is 11.6 Å². The number of carbonyl (C=O) groups excluding carboxylic acids is 2. The van der Waals surface area contributed by atoms with E-state index in [-0.39, 0.29) is 18.4 Å². The van der Waals surface area contributed by atoms with Gasteiger partial charge in [-0.25, -0.2) is 8.78 Å². The van der Waals surface area contributed by atoms with Gasteiger partial charge in [-0.1, -0.05) is 17.7 Å². The number of hydrogen-bond acceptors (Lipinski definition) is 3. The summed E-state index contributed by atoms with van der Waals surface area (Å²) in [5.74, 6) is -0.940. The fraction of sp³-hybridized carbons (Fsp3) is 0.429. The molecular weight excluding hydrogens is 334 g/mol. The number of carbonyl (C=O) groups is 2. The van der Waals surface area contributed by atoms with Crippen LogP contribution >= 0.6 is 23.4 Å². The van der Waals surface area contributed by atoms with Gasteiger partial charge in [-0.05, 0) is 25.0 Å². The third kappa shape index (κ3) is 5.14. The zero-order chi connectivity index (χ0) is 16.1. The van der Waals surface area contributed by atoms with Gasteiger partial charge in [-0.2, -0.15) is 0 Å². The summed E-state index contributed by atoms with van der Waals surface area (Å²) in [7, 11) is 0. The smallest absolute Gasteiger partial charge is 0.247 e. The minimum absolute atomic E-state index is 0.0242. The average Bonchev–Trinajstić information content (AvgIpc) is 3.28. The highest BCUT2D eigenvalue weighted by atomic mass is 35.5. The van der Waals surface area contributed by atoms with Gasteiger partial charge in [0, 0.05) is 10.8 Å². The zero-order valence-electron chi connectivity index (χ0n) is 11.6. The van der Waals surface area contributed by atoms with E-state index in [9.17, 15) is 18.4 Å². The molecule has 120 valence electrons. The Labute approximate surface area is 136 Å². The molecule has 0 unspecified atom stereocenters. The first-order valence-corrected chi connectivity index (χ1v) is 8.10. The molecule has 8 heteroatoms. The third-order valence-electron chi connectivity index (χ3n) is 2.97. The van der Waals surface area contributed by atoms with Crippen molar-refractivity contribution >= 4 is 40.9 Å². The second kappa shape index (κ2) is 7.78. The molecule has 1 aliphatic rings. The van der Waals surface area contributed by atoms with Crippen molar-refractivity contribution in [3.63, 3.8) is 0 Å². The summed E-state index contributed by atoms with van der Waals surface area (Å²) in [6, 6.07) is 4.77. The summed E-state index contributed by atoms with van der Waals surface area (Å²) in [5.41, 5.74) is 0.365. The number of halogens is 3. The predicted octanol–water partition coefficient (Wildman–Crippen LogP) is 3.16. The van der Waals surface area contributed by atoms with E-state index < -0.39 is 18.1 Å². The van der Waals surface area contributed by atoms with Crippen LogP contribution in [0.2, 0.25) is 5.02 Å². The Hall–Kier alpha value is -1.34. The van der Waals surface area contributed by atoms with Crippen molar-refractivity contribution in [2.24, 2.45) is 5.92 Å². The maximum Gasteiger partial charge on any atom is 0.247 e. The Morgan fingerprint density at radius 3 is 2.73 bits per heavy atom. The SMILES string of the molecule is O=C(CNC(=O)C1CC1)Nc1cccc(Cl)c1SCC(F)F. The second-order valence-corrected chi connectivity index (χ2v) is 6.30. The lowest BCUT2D eigenvalue weighted by molar-refractivity contribution is -0.125. The minimum atomic E-state index is -2.47. The lowest BCUT2D eigenvalue weighted by Crippen LogP contribution is -2.33. The first-order chi connectivity index (χ1) is 10.5. The number of thioether (sulfide) groups is 1. The van der Waals surface area contributed by atoms with Crippen molar-refractivity contribution in [1.82, 2.24) is 5.32 Å². The van der Waals surface area contributed by atoms with Crippen LogP contribution < -0.4 is 10.6 Å². The predicted molar refractivity (Wildman–Crippen MR) is 82.5 cm³/mol. The fourth-order valence-corrected chi connectivity index (χ4v) is 2.86. The third-order valence-corrected chi connectivity index (χ3v) is 4.54. The Kier molecular flexibility index (Phi) is 6.02. The number of anilines is 1. The van der Waals surface area contributed by atoms with Gasteiger partial charge in [0.15, 0.2) is 0 Å². The number of rotatable bonds is 7. The summed E-state index contributed by atoms with van der Waals surface area (Å²) >= 11 is 6.87. The van der Waals surface area contributed by atoms with Gasteiger partial charge in [-0.3, -0.25) is 9.59 Å². The number of benzene rings is 1. The molecule has 2 amide bonds. The lowest BCUT2D eigenvalue weighted by atomic mass is 10.3. The number of nitrogens with one attached hydrogen (secondary N) is 2. The van der Waals surface area contributed by atoms with E-state index >= 15 is 0 Å². The molecule has 0 radical (unpaired) electrons. The van der Waals surface area contributed by atoms with E-state index in [0.29, 0.717) is 15.6 Å². The van der Waals surface area contributed by atoms with Crippen molar-refractivity contribution in [3.8, 4) is 0 Å². The molecule has 0 heterocycles. The van der Waals surface area contributed by atoms with Crippen LogP contribution in [0.5, 0.6) is 0 Å².